The van der Waals surface area contributed by atoms with Gasteiger partial charge in [-0.25, -0.2) is 0 Å². The minimum atomic E-state index is 0.149. The van der Waals surface area contributed by atoms with Crippen molar-refractivity contribution in [3.63, 3.8) is 0 Å². The van der Waals surface area contributed by atoms with E-state index in [1.54, 1.807) is 0 Å². The molecule has 86 valence electrons. The van der Waals surface area contributed by atoms with E-state index >= 15 is 0 Å². The molecule has 1 saturated heterocycles. The van der Waals surface area contributed by atoms with Crippen molar-refractivity contribution in [2.24, 2.45) is 11.7 Å². The van der Waals surface area contributed by atoms with Gasteiger partial charge in [0.1, 0.15) is 0 Å². The molecule has 1 aliphatic heterocycles. The van der Waals surface area contributed by atoms with E-state index in [1.807, 2.05) is 35.2 Å². The van der Waals surface area contributed by atoms with Gasteiger partial charge >= 0.3 is 0 Å². The van der Waals surface area contributed by atoms with Crippen LogP contribution in [0, 0.1) is 5.92 Å². The third kappa shape index (κ3) is 2.42. The van der Waals surface area contributed by atoms with Crippen LogP contribution >= 0.6 is 0 Å². The van der Waals surface area contributed by atoms with Gasteiger partial charge in [0.2, 0.25) is 0 Å². The van der Waals surface area contributed by atoms with Crippen LogP contribution in [-0.2, 0) is 0 Å². The van der Waals surface area contributed by atoms with Gasteiger partial charge in [-0.1, -0.05) is 18.2 Å². The number of hydrogen-bond donors (Lipinski definition) is 1. The first kappa shape index (κ1) is 11.1. The summed E-state index contributed by atoms with van der Waals surface area (Å²) in [4.78, 5) is 14.0. The van der Waals surface area contributed by atoms with E-state index in [2.05, 4.69) is 0 Å². The minimum Gasteiger partial charge on any atom is -0.339 e. The second kappa shape index (κ2) is 5.12. The Morgan fingerprint density at radius 1 is 1.25 bits per heavy atom. The van der Waals surface area contributed by atoms with Crippen molar-refractivity contribution in [2.45, 2.75) is 12.8 Å². The average Bonchev–Trinajstić information content (AvgIpc) is 2.39. The highest BCUT2D eigenvalue weighted by molar-refractivity contribution is 5.94. The number of amides is 1. The molecule has 3 nitrogen and oxygen atoms in total. The number of nitrogens with two attached hydrogens (primary N) is 1. The maximum absolute atomic E-state index is 12.1. The number of piperidine rings is 1. The molecule has 0 saturated carbocycles. The van der Waals surface area contributed by atoms with Crippen molar-refractivity contribution in [1.82, 2.24) is 4.90 Å². The largest absolute Gasteiger partial charge is 0.339 e. The summed E-state index contributed by atoms with van der Waals surface area (Å²) in [5.41, 5.74) is 6.42. The topological polar surface area (TPSA) is 46.3 Å². The van der Waals surface area contributed by atoms with E-state index in [0.29, 0.717) is 5.92 Å². The van der Waals surface area contributed by atoms with E-state index in [4.69, 9.17) is 5.73 Å². The van der Waals surface area contributed by atoms with Gasteiger partial charge in [0.05, 0.1) is 0 Å². The minimum absolute atomic E-state index is 0.149. The summed E-state index contributed by atoms with van der Waals surface area (Å²) in [6.07, 6.45) is 2.07. The number of carbonyl (C=O) groups excluding carboxylic acids is 1. The van der Waals surface area contributed by atoms with E-state index in [9.17, 15) is 4.79 Å². The molecule has 1 aliphatic rings. The zero-order valence-electron chi connectivity index (χ0n) is 9.43. The number of benzene rings is 1. The Hall–Kier alpha value is -1.35. The van der Waals surface area contributed by atoms with E-state index in [-0.39, 0.29) is 5.91 Å². The zero-order chi connectivity index (χ0) is 11.4. The molecule has 0 radical (unpaired) electrons. The maximum atomic E-state index is 12.1. The van der Waals surface area contributed by atoms with Gasteiger partial charge in [-0.3, -0.25) is 4.79 Å². The molecule has 2 N–H and O–H groups in total. The lowest BCUT2D eigenvalue weighted by Gasteiger charge is -2.31. The lowest BCUT2D eigenvalue weighted by molar-refractivity contribution is 0.0693. The molecular formula is C13H18N2O. The Bertz CT molecular complexity index is 342. The summed E-state index contributed by atoms with van der Waals surface area (Å²) in [5.74, 6) is 0.746. The SMILES string of the molecule is NCC1CCN(C(=O)c2ccccc2)CC1. The summed E-state index contributed by atoms with van der Waals surface area (Å²) >= 11 is 0. The van der Waals surface area contributed by atoms with Crippen LogP contribution in [0.2, 0.25) is 0 Å². The van der Waals surface area contributed by atoms with Crippen molar-refractivity contribution in [3.05, 3.63) is 35.9 Å². The molecule has 3 heteroatoms. The Morgan fingerprint density at radius 3 is 2.44 bits per heavy atom. The zero-order valence-corrected chi connectivity index (χ0v) is 9.43. The van der Waals surface area contributed by atoms with E-state index < -0.39 is 0 Å². The fourth-order valence-electron chi connectivity index (χ4n) is 2.14. The first-order valence-electron chi connectivity index (χ1n) is 5.85. The highest BCUT2D eigenvalue weighted by Crippen LogP contribution is 2.17. The molecular weight excluding hydrogens is 200 g/mol. The number of likely N-dealkylation sites (tertiary alicyclic amines) is 1. The van der Waals surface area contributed by atoms with Gasteiger partial charge in [0.25, 0.3) is 5.91 Å². The van der Waals surface area contributed by atoms with Crippen molar-refractivity contribution < 1.29 is 4.79 Å². The number of nitrogens with zero attached hydrogens (tertiary/aromatic N) is 1. The van der Waals surface area contributed by atoms with Crippen LogP contribution in [0.1, 0.15) is 23.2 Å². The summed E-state index contributed by atoms with van der Waals surface area (Å²) in [7, 11) is 0. The van der Waals surface area contributed by atoms with Crippen molar-refractivity contribution in [2.75, 3.05) is 19.6 Å². The summed E-state index contributed by atoms with van der Waals surface area (Å²) in [5, 5.41) is 0. The monoisotopic (exact) mass is 218 g/mol. The normalized spacial score (nSPS) is 17.4. The highest BCUT2D eigenvalue weighted by Gasteiger charge is 2.22. The van der Waals surface area contributed by atoms with Crippen LogP contribution in [0.15, 0.2) is 30.3 Å². The summed E-state index contributed by atoms with van der Waals surface area (Å²) in [6, 6.07) is 9.48. The van der Waals surface area contributed by atoms with Crippen molar-refractivity contribution in [3.8, 4) is 0 Å². The molecule has 1 fully saturated rings. The lowest BCUT2D eigenvalue weighted by atomic mass is 9.96. The number of hydrogen-bond acceptors (Lipinski definition) is 2. The summed E-state index contributed by atoms with van der Waals surface area (Å²) in [6.45, 7) is 2.43. The molecule has 16 heavy (non-hydrogen) atoms. The van der Waals surface area contributed by atoms with Crippen LogP contribution in [0.25, 0.3) is 0 Å². The third-order valence-corrected chi connectivity index (χ3v) is 3.26. The van der Waals surface area contributed by atoms with Crippen LogP contribution in [0.3, 0.4) is 0 Å². The lowest BCUT2D eigenvalue weighted by Crippen LogP contribution is -2.40. The van der Waals surface area contributed by atoms with Gasteiger partial charge in [0.15, 0.2) is 0 Å². The number of carbonyl (C=O) groups is 1. The fourth-order valence-corrected chi connectivity index (χ4v) is 2.14. The predicted molar refractivity (Wildman–Crippen MR) is 64.1 cm³/mol. The Kier molecular flexibility index (Phi) is 3.57. The molecule has 1 aromatic carbocycles. The third-order valence-electron chi connectivity index (χ3n) is 3.26. The van der Waals surface area contributed by atoms with Crippen LogP contribution < -0.4 is 5.73 Å². The van der Waals surface area contributed by atoms with Crippen LogP contribution in [0.4, 0.5) is 0 Å². The standard InChI is InChI=1S/C13H18N2O/c14-10-11-6-8-15(9-7-11)13(16)12-4-2-1-3-5-12/h1-5,11H,6-10,14H2. The number of rotatable bonds is 2. The molecule has 0 aliphatic carbocycles. The molecule has 2 rings (SSSR count). The highest BCUT2D eigenvalue weighted by atomic mass is 16.2. The second-order valence-electron chi connectivity index (χ2n) is 4.34. The van der Waals surface area contributed by atoms with Crippen LogP contribution in [0.5, 0.6) is 0 Å². The predicted octanol–water partition coefficient (Wildman–Crippen LogP) is 1.50. The van der Waals surface area contributed by atoms with Gasteiger partial charge in [-0.2, -0.15) is 0 Å². The van der Waals surface area contributed by atoms with Gasteiger partial charge in [-0.15, -0.1) is 0 Å². The molecule has 1 aromatic rings. The molecule has 0 spiro atoms. The van der Waals surface area contributed by atoms with E-state index in [0.717, 1.165) is 38.0 Å². The van der Waals surface area contributed by atoms with Gasteiger partial charge in [0, 0.05) is 18.7 Å². The summed E-state index contributed by atoms with van der Waals surface area (Å²) < 4.78 is 0. The molecule has 0 aromatic heterocycles. The Morgan fingerprint density at radius 2 is 1.88 bits per heavy atom. The van der Waals surface area contributed by atoms with Crippen LogP contribution in [-0.4, -0.2) is 30.4 Å². The second-order valence-corrected chi connectivity index (χ2v) is 4.34. The van der Waals surface area contributed by atoms with E-state index in [1.165, 1.54) is 0 Å². The average molecular weight is 218 g/mol. The quantitative estimate of drug-likeness (QED) is 0.817. The molecule has 1 amide bonds. The van der Waals surface area contributed by atoms with Crippen molar-refractivity contribution in [1.29, 1.82) is 0 Å². The van der Waals surface area contributed by atoms with Gasteiger partial charge in [-0.05, 0) is 37.4 Å². The molecule has 0 atom stereocenters. The Labute approximate surface area is 96.2 Å². The maximum Gasteiger partial charge on any atom is 0.253 e. The molecule has 0 bridgehead atoms. The molecule has 0 unspecified atom stereocenters. The Balaban J connectivity index is 1.97. The van der Waals surface area contributed by atoms with Crippen molar-refractivity contribution >= 4 is 5.91 Å². The first-order valence-corrected chi connectivity index (χ1v) is 5.85. The van der Waals surface area contributed by atoms with Gasteiger partial charge < -0.3 is 10.6 Å². The fraction of sp³-hybridized carbons (Fsp3) is 0.462. The molecule has 1 heterocycles. The first-order chi connectivity index (χ1) is 7.81. The smallest absolute Gasteiger partial charge is 0.253 e.